The number of nitrogens with zero attached hydrogens (tertiary/aromatic N) is 2. The molecular formula is C34H58N4O4. The minimum Gasteiger partial charge on any atom is -0.307 e. The van der Waals surface area contributed by atoms with E-state index in [4.69, 9.17) is 0 Å². The zero-order chi connectivity index (χ0) is 31.7. The summed E-state index contributed by atoms with van der Waals surface area (Å²) in [5.41, 5.74) is -0.776. The average molecular weight is 587 g/mol. The van der Waals surface area contributed by atoms with Crippen LogP contribution >= 0.6 is 0 Å². The van der Waals surface area contributed by atoms with Crippen molar-refractivity contribution < 1.29 is 19.2 Å². The molecule has 0 bridgehead atoms. The van der Waals surface area contributed by atoms with E-state index in [1.54, 1.807) is 9.80 Å². The van der Waals surface area contributed by atoms with Crippen LogP contribution in [0.4, 0.5) is 0 Å². The summed E-state index contributed by atoms with van der Waals surface area (Å²) in [6, 6.07) is -0.302. The Bertz CT molecular complexity index is 1080. The number of hydrogen-bond acceptors (Lipinski definition) is 6. The quantitative estimate of drug-likeness (QED) is 0.412. The van der Waals surface area contributed by atoms with Crippen molar-refractivity contribution in [3.8, 4) is 0 Å². The minimum atomic E-state index is -0.470. The fourth-order valence-electron chi connectivity index (χ4n) is 9.54. The van der Waals surface area contributed by atoms with Gasteiger partial charge in [-0.15, -0.1) is 0 Å². The van der Waals surface area contributed by atoms with E-state index in [0.29, 0.717) is 38.5 Å². The molecular weight excluding hydrogens is 528 g/mol. The predicted molar refractivity (Wildman–Crippen MR) is 165 cm³/mol. The van der Waals surface area contributed by atoms with Gasteiger partial charge in [0.1, 0.15) is 0 Å². The molecule has 42 heavy (non-hydrogen) atoms. The highest BCUT2D eigenvalue weighted by molar-refractivity contribution is 6.06. The molecule has 4 amide bonds. The molecule has 0 aromatic rings. The molecule has 5 unspecified atom stereocenters. The average Bonchev–Trinajstić information content (AvgIpc) is 3.12. The Labute approximate surface area is 254 Å². The van der Waals surface area contributed by atoms with Crippen LogP contribution in [0.25, 0.3) is 0 Å². The van der Waals surface area contributed by atoms with Gasteiger partial charge < -0.3 is 10.6 Å². The smallest absolute Gasteiger partial charge is 0.233 e. The van der Waals surface area contributed by atoms with Crippen molar-refractivity contribution in [2.24, 2.45) is 35.5 Å². The molecule has 0 aliphatic carbocycles. The molecule has 4 aliphatic heterocycles. The van der Waals surface area contributed by atoms with E-state index < -0.39 is 23.7 Å². The van der Waals surface area contributed by atoms with E-state index in [2.05, 4.69) is 79.9 Å². The van der Waals surface area contributed by atoms with Crippen LogP contribution in [0.5, 0.6) is 0 Å². The largest absolute Gasteiger partial charge is 0.307 e. The van der Waals surface area contributed by atoms with Gasteiger partial charge in [-0.2, -0.15) is 0 Å². The molecule has 2 N–H and O–H groups in total. The lowest BCUT2D eigenvalue weighted by Crippen LogP contribution is -2.63. The van der Waals surface area contributed by atoms with Crippen LogP contribution in [0.3, 0.4) is 0 Å². The van der Waals surface area contributed by atoms with E-state index in [-0.39, 0.29) is 69.7 Å². The fraction of sp³-hybridized carbons (Fsp3) is 0.882. The van der Waals surface area contributed by atoms with E-state index in [0.717, 1.165) is 0 Å². The predicted octanol–water partition coefficient (Wildman–Crippen LogP) is 4.90. The monoisotopic (exact) mass is 586 g/mol. The van der Waals surface area contributed by atoms with Gasteiger partial charge in [0.15, 0.2) is 0 Å². The van der Waals surface area contributed by atoms with Gasteiger partial charge in [0.2, 0.25) is 23.6 Å². The Balaban J connectivity index is 1.57. The highest BCUT2D eigenvalue weighted by Gasteiger charge is 2.56. The van der Waals surface area contributed by atoms with E-state index in [9.17, 15) is 19.2 Å². The molecule has 4 saturated heterocycles. The number of rotatable bonds is 7. The van der Waals surface area contributed by atoms with Gasteiger partial charge in [-0.3, -0.25) is 29.0 Å². The Hall–Kier alpha value is -1.80. The number of amides is 4. The molecule has 0 saturated carbocycles. The first-order valence-electron chi connectivity index (χ1n) is 16.4. The third-order valence-corrected chi connectivity index (χ3v) is 10.3. The first kappa shape index (κ1) is 33.1. The number of imide groups is 2. The molecule has 4 heterocycles. The molecule has 0 aromatic heterocycles. The van der Waals surface area contributed by atoms with Gasteiger partial charge in [-0.25, -0.2) is 0 Å². The van der Waals surface area contributed by atoms with Crippen molar-refractivity contribution in [3.63, 3.8) is 0 Å². The van der Waals surface area contributed by atoms with E-state index in [1.807, 2.05) is 13.8 Å². The molecule has 238 valence electrons. The van der Waals surface area contributed by atoms with Gasteiger partial charge in [0, 0.05) is 40.2 Å². The highest BCUT2D eigenvalue weighted by Crippen LogP contribution is 2.45. The zero-order valence-electron chi connectivity index (χ0n) is 28.4. The third-order valence-electron chi connectivity index (χ3n) is 10.3. The van der Waals surface area contributed by atoms with Gasteiger partial charge in [-0.1, -0.05) is 27.7 Å². The number of carbonyl (C=O) groups is 4. The van der Waals surface area contributed by atoms with Crippen LogP contribution in [0.15, 0.2) is 0 Å². The first-order chi connectivity index (χ1) is 19.0. The molecule has 8 heteroatoms. The lowest BCUT2D eigenvalue weighted by atomic mass is 9.75. The van der Waals surface area contributed by atoms with Crippen LogP contribution in [0.1, 0.15) is 122 Å². The summed E-state index contributed by atoms with van der Waals surface area (Å²) in [6.45, 7) is 25.1. The van der Waals surface area contributed by atoms with Crippen LogP contribution in [0.2, 0.25) is 0 Å². The van der Waals surface area contributed by atoms with Crippen molar-refractivity contribution in [1.29, 1.82) is 0 Å². The number of likely N-dealkylation sites (tertiary alicyclic amines) is 2. The Kier molecular flexibility index (Phi) is 8.65. The normalized spacial score (nSPS) is 34.1. The first-order valence-corrected chi connectivity index (χ1v) is 16.4. The SMILES string of the molecule is CC(C)CC1C(=O)N(C2CC(C)(C)NC(C)(C)C2)C(=O)C1C(C)CC1C(=O)N(C2CC(C)(C)NC(C)(C)C2)C(=O)C1C. The Morgan fingerprint density at radius 2 is 1.00 bits per heavy atom. The summed E-state index contributed by atoms with van der Waals surface area (Å²) in [7, 11) is 0. The summed E-state index contributed by atoms with van der Waals surface area (Å²) in [6.07, 6.45) is 3.95. The Morgan fingerprint density at radius 1 is 0.619 bits per heavy atom. The second-order valence-corrected chi connectivity index (χ2v) is 17.4. The maximum atomic E-state index is 14.2. The summed E-state index contributed by atoms with van der Waals surface area (Å²) in [5.74, 6) is -2.02. The molecule has 0 spiro atoms. The zero-order valence-corrected chi connectivity index (χ0v) is 28.4. The van der Waals surface area contributed by atoms with Crippen LogP contribution in [-0.4, -0.2) is 67.7 Å². The van der Waals surface area contributed by atoms with Crippen molar-refractivity contribution in [3.05, 3.63) is 0 Å². The molecule has 4 fully saturated rings. The molecule has 8 nitrogen and oxygen atoms in total. The van der Waals surface area contributed by atoms with Crippen molar-refractivity contribution in [2.75, 3.05) is 0 Å². The summed E-state index contributed by atoms with van der Waals surface area (Å²) < 4.78 is 0. The van der Waals surface area contributed by atoms with E-state index >= 15 is 0 Å². The standard InChI is InChI=1S/C34H58N4O4/c1-19(2)13-25-26(30(42)38(29(25)41)23-17-33(9,10)36-34(11,12)18-23)20(3)14-24-21(4)27(39)37(28(24)40)22-15-31(5,6)35-32(7,8)16-22/h19-26,35-36H,13-18H2,1-12H3. The second kappa shape index (κ2) is 11.0. The summed E-state index contributed by atoms with van der Waals surface area (Å²) in [5, 5.41) is 7.32. The lowest BCUT2D eigenvalue weighted by Gasteiger charge is -2.48. The van der Waals surface area contributed by atoms with Gasteiger partial charge in [0.05, 0.1) is 17.8 Å². The second-order valence-electron chi connectivity index (χ2n) is 17.4. The van der Waals surface area contributed by atoms with Gasteiger partial charge >= 0.3 is 0 Å². The molecule has 4 rings (SSSR count). The lowest BCUT2D eigenvalue weighted by molar-refractivity contribution is -0.147. The van der Waals surface area contributed by atoms with Crippen LogP contribution in [0, 0.1) is 35.5 Å². The van der Waals surface area contributed by atoms with Crippen LogP contribution < -0.4 is 10.6 Å². The molecule has 0 radical (unpaired) electrons. The van der Waals surface area contributed by atoms with Crippen LogP contribution in [-0.2, 0) is 19.2 Å². The number of hydrogen-bond donors (Lipinski definition) is 2. The molecule has 4 aliphatic rings. The third kappa shape index (κ3) is 6.50. The Morgan fingerprint density at radius 3 is 1.40 bits per heavy atom. The maximum Gasteiger partial charge on any atom is 0.233 e. The minimum absolute atomic E-state index is 0.0493. The molecule has 5 atom stereocenters. The van der Waals surface area contributed by atoms with Gasteiger partial charge in [-0.05, 0) is 106 Å². The molecule has 0 aromatic carbocycles. The number of piperidine rings is 2. The topological polar surface area (TPSA) is 98.8 Å². The maximum absolute atomic E-state index is 14.2. The number of nitrogens with one attached hydrogen (secondary N) is 2. The van der Waals surface area contributed by atoms with E-state index in [1.165, 1.54) is 0 Å². The van der Waals surface area contributed by atoms with Crippen molar-refractivity contribution in [2.45, 2.75) is 156 Å². The summed E-state index contributed by atoms with van der Waals surface area (Å²) >= 11 is 0. The van der Waals surface area contributed by atoms with Gasteiger partial charge in [0.25, 0.3) is 0 Å². The number of carbonyl (C=O) groups excluding carboxylic acids is 4. The fourth-order valence-corrected chi connectivity index (χ4v) is 9.54. The van der Waals surface area contributed by atoms with Crippen molar-refractivity contribution in [1.82, 2.24) is 20.4 Å². The van der Waals surface area contributed by atoms with Crippen molar-refractivity contribution >= 4 is 23.6 Å². The summed E-state index contributed by atoms with van der Waals surface area (Å²) in [4.78, 5) is 59.0. The highest BCUT2D eigenvalue weighted by atomic mass is 16.2.